The Hall–Kier alpha value is -0.810. The molecule has 0 radical (unpaired) electrons. The van der Waals surface area contributed by atoms with Crippen molar-refractivity contribution >= 4 is 29.2 Å². The van der Waals surface area contributed by atoms with E-state index in [2.05, 4.69) is 4.74 Å². The van der Waals surface area contributed by atoms with Gasteiger partial charge in [0.05, 0.1) is 36.6 Å². The van der Waals surface area contributed by atoms with E-state index in [1.807, 2.05) is 0 Å². The summed E-state index contributed by atoms with van der Waals surface area (Å²) in [6.45, 7) is 0. The zero-order chi connectivity index (χ0) is 13.7. The molecule has 0 fully saturated rings. The van der Waals surface area contributed by atoms with Crippen molar-refractivity contribution in [1.82, 2.24) is 0 Å². The normalized spacial score (nSPS) is 14.1. The van der Waals surface area contributed by atoms with Crippen LogP contribution in [0.5, 0.6) is 0 Å². The summed E-state index contributed by atoms with van der Waals surface area (Å²) >= 11 is 11.1. The van der Waals surface area contributed by atoms with Crippen LogP contribution in [0.25, 0.3) is 0 Å². The lowest BCUT2D eigenvalue weighted by molar-refractivity contribution is 0.0594. The largest absolute Gasteiger partial charge is 0.465 e. The van der Waals surface area contributed by atoms with Gasteiger partial charge in [-0.3, -0.25) is 0 Å². The maximum absolute atomic E-state index is 11.5. The highest BCUT2D eigenvalue weighted by atomic mass is 35.5. The highest BCUT2D eigenvalue weighted by Gasteiger charge is 2.19. The van der Waals surface area contributed by atoms with Crippen molar-refractivity contribution in [2.24, 2.45) is 0 Å². The molecule has 0 spiro atoms. The number of carbonyl (C=O) groups excluding carboxylic acids is 1. The number of methoxy groups -OCH3 is 1. The standard InChI is InChI=1S/C12H14Cl2O4/c1-18-12(17)8-3-2-7(10(15)5-13)4-9(8)11(16)6-14/h2-4,10-11,15-16H,5-6H2,1H3. The number of alkyl halides is 2. The summed E-state index contributed by atoms with van der Waals surface area (Å²) in [6, 6.07) is 4.54. The molecule has 1 rings (SSSR count). The molecule has 1 aromatic rings. The Balaban J connectivity index is 3.24. The highest BCUT2D eigenvalue weighted by molar-refractivity contribution is 6.18. The predicted molar refractivity (Wildman–Crippen MR) is 69.1 cm³/mol. The van der Waals surface area contributed by atoms with Crippen molar-refractivity contribution in [2.75, 3.05) is 18.9 Å². The second kappa shape index (κ2) is 6.95. The van der Waals surface area contributed by atoms with E-state index >= 15 is 0 Å². The van der Waals surface area contributed by atoms with E-state index in [1.54, 1.807) is 6.07 Å². The lowest BCUT2D eigenvalue weighted by Crippen LogP contribution is -2.12. The van der Waals surface area contributed by atoms with Crippen molar-refractivity contribution < 1.29 is 19.7 Å². The molecule has 0 heterocycles. The van der Waals surface area contributed by atoms with Gasteiger partial charge in [0.25, 0.3) is 0 Å². The zero-order valence-corrected chi connectivity index (χ0v) is 11.3. The summed E-state index contributed by atoms with van der Waals surface area (Å²) in [5, 5.41) is 19.4. The SMILES string of the molecule is COC(=O)c1ccc(C(O)CCl)cc1C(O)CCl. The number of halogens is 2. The second-order valence-electron chi connectivity index (χ2n) is 3.68. The van der Waals surface area contributed by atoms with E-state index in [1.165, 1.54) is 19.2 Å². The Morgan fingerprint density at radius 2 is 1.89 bits per heavy atom. The molecule has 6 heteroatoms. The van der Waals surface area contributed by atoms with Crippen molar-refractivity contribution in [3.8, 4) is 0 Å². The molecule has 100 valence electrons. The van der Waals surface area contributed by atoms with Crippen LogP contribution in [0.4, 0.5) is 0 Å². The lowest BCUT2D eigenvalue weighted by atomic mass is 9.98. The number of aliphatic hydroxyl groups is 2. The molecule has 0 aromatic heterocycles. The molecule has 2 atom stereocenters. The average molecular weight is 293 g/mol. The van der Waals surface area contributed by atoms with E-state index < -0.39 is 18.2 Å². The first kappa shape index (κ1) is 15.2. The number of ether oxygens (including phenoxy) is 1. The summed E-state index contributed by atoms with van der Waals surface area (Å²) in [7, 11) is 1.25. The van der Waals surface area contributed by atoms with E-state index in [9.17, 15) is 15.0 Å². The van der Waals surface area contributed by atoms with Crippen molar-refractivity contribution in [2.45, 2.75) is 12.2 Å². The number of benzene rings is 1. The molecule has 4 nitrogen and oxygen atoms in total. The minimum Gasteiger partial charge on any atom is -0.465 e. The summed E-state index contributed by atoms with van der Waals surface area (Å²) in [4.78, 5) is 11.5. The van der Waals surface area contributed by atoms with Crippen molar-refractivity contribution in [3.05, 3.63) is 34.9 Å². The molecule has 18 heavy (non-hydrogen) atoms. The van der Waals surface area contributed by atoms with E-state index in [-0.39, 0.29) is 17.3 Å². The second-order valence-corrected chi connectivity index (χ2v) is 4.30. The number of aliphatic hydroxyl groups excluding tert-OH is 2. The molecule has 0 saturated carbocycles. The van der Waals surface area contributed by atoms with Gasteiger partial charge in [0.2, 0.25) is 0 Å². The highest BCUT2D eigenvalue weighted by Crippen LogP contribution is 2.25. The molecular formula is C12H14Cl2O4. The maximum Gasteiger partial charge on any atom is 0.338 e. The number of hydrogen-bond acceptors (Lipinski definition) is 4. The van der Waals surface area contributed by atoms with Crippen LogP contribution in [0.3, 0.4) is 0 Å². The minimum absolute atomic E-state index is 0.0218. The summed E-state index contributed by atoms with van der Waals surface area (Å²) < 4.78 is 4.62. The molecule has 0 bridgehead atoms. The molecule has 1 aromatic carbocycles. The van der Waals surface area contributed by atoms with E-state index in [4.69, 9.17) is 23.2 Å². The fraction of sp³-hybridized carbons (Fsp3) is 0.417. The number of esters is 1. The first-order valence-corrected chi connectivity index (χ1v) is 6.32. The Kier molecular flexibility index (Phi) is 5.88. The van der Waals surface area contributed by atoms with Crippen LogP contribution in [-0.2, 0) is 4.74 Å². The molecule has 0 saturated heterocycles. The van der Waals surface area contributed by atoms with Crippen LogP contribution in [0, 0.1) is 0 Å². The minimum atomic E-state index is -1.01. The van der Waals surface area contributed by atoms with Crippen LogP contribution in [0.1, 0.15) is 33.7 Å². The Morgan fingerprint density at radius 1 is 1.28 bits per heavy atom. The molecule has 2 unspecified atom stereocenters. The lowest BCUT2D eigenvalue weighted by Gasteiger charge is -2.15. The van der Waals surface area contributed by atoms with Crippen molar-refractivity contribution in [3.63, 3.8) is 0 Å². The fourth-order valence-electron chi connectivity index (χ4n) is 1.53. The third-order valence-electron chi connectivity index (χ3n) is 2.52. The third kappa shape index (κ3) is 3.36. The Labute approximate surface area is 115 Å². The van der Waals surface area contributed by atoms with Gasteiger partial charge in [0.15, 0.2) is 0 Å². The number of hydrogen-bond donors (Lipinski definition) is 2. The predicted octanol–water partition coefficient (Wildman–Crippen LogP) is 2.02. The monoisotopic (exact) mass is 292 g/mol. The van der Waals surface area contributed by atoms with Gasteiger partial charge in [0, 0.05) is 0 Å². The molecular weight excluding hydrogens is 279 g/mol. The summed E-state index contributed by atoms with van der Waals surface area (Å²) in [5.74, 6) is -0.612. The average Bonchev–Trinajstić information content (AvgIpc) is 2.43. The van der Waals surface area contributed by atoms with Crippen LogP contribution < -0.4 is 0 Å². The van der Waals surface area contributed by atoms with Crippen LogP contribution in [0.15, 0.2) is 18.2 Å². The van der Waals surface area contributed by atoms with Gasteiger partial charge in [0.1, 0.15) is 0 Å². The van der Waals surface area contributed by atoms with E-state index in [0.717, 1.165) is 0 Å². The molecule has 0 amide bonds. The summed E-state index contributed by atoms with van der Waals surface area (Å²) in [6.07, 6.45) is -1.87. The molecule has 0 aliphatic carbocycles. The van der Waals surface area contributed by atoms with Gasteiger partial charge in [-0.25, -0.2) is 4.79 Å². The molecule has 0 aliphatic heterocycles. The van der Waals surface area contributed by atoms with Gasteiger partial charge in [-0.1, -0.05) is 6.07 Å². The number of carbonyl (C=O) groups is 1. The van der Waals surface area contributed by atoms with Crippen LogP contribution in [0.2, 0.25) is 0 Å². The van der Waals surface area contributed by atoms with Gasteiger partial charge in [-0.2, -0.15) is 0 Å². The Morgan fingerprint density at radius 3 is 2.39 bits per heavy atom. The molecule has 0 aliphatic rings. The topological polar surface area (TPSA) is 66.8 Å². The first-order chi connectivity index (χ1) is 8.54. The van der Waals surface area contributed by atoms with E-state index in [0.29, 0.717) is 11.1 Å². The van der Waals surface area contributed by atoms with Crippen LogP contribution in [-0.4, -0.2) is 35.1 Å². The Bertz CT molecular complexity index is 423. The first-order valence-electron chi connectivity index (χ1n) is 5.25. The van der Waals surface area contributed by atoms with Gasteiger partial charge in [-0.15, -0.1) is 23.2 Å². The smallest absolute Gasteiger partial charge is 0.338 e. The van der Waals surface area contributed by atoms with Crippen molar-refractivity contribution in [1.29, 1.82) is 0 Å². The quantitative estimate of drug-likeness (QED) is 0.644. The van der Waals surface area contributed by atoms with Gasteiger partial charge in [-0.05, 0) is 23.3 Å². The third-order valence-corrected chi connectivity index (χ3v) is 3.10. The zero-order valence-electron chi connectivity index (χ0n) is 9.77. The number of rotatable bonds is 5. The van der Waals surface area contributed by atoms with Crippen LogP contribution >= 0.6 is 23.2 Å². The van der Waals surface area contributed by atoms with Gasteiger partial charge < -0.3 is 14.9 Å². The maximum atomic E-state index is 11.5. The molecule has 2 N–H and O–H groups in total. The van der Waals surface area contributed by atoms with Gasteiger partial charge >= 0.3 is 5.97 Å². The fourth-order valence-corrected chi connectivity index (χ4v) is 1.88. The summed E-state index contributed by atoms with van der Waals surface area (Å²) in [5.41, 5.74) is 1.05.